The van der Waals surface area contributed by atoms with Crippen LogP contribution in [0.5, 0.6) is 0 Å². The van der Waals surface area contributed by atoms with Crippen LogP contribution in [0, 0.1) is 0 Å². The van der Waals surface area contributed by atoms with Crippen molar-refractivity contribution in [3.05, 3.63) is 81.2 Å². The van der Waals surface area contributed by atoms with Gasteiger partial charge in [0.25, 0.3) is 5.91 Å². The van der Waals surface area contributed by atoms with E-state index >= 15 is 0 Å². The van der Waals surface area contributed by atoms with E-state index in [2.05, 4.69) is 28.3 Å². The topological polar surface area (TPSA) is 51.0 Å². The van der Waals surface area contributed by atoms with Crippen molar-refractivity contribution in [2.45, 2.75) is 12.5 Å². The Morgan fingerprint density at radius 1 is 1.18 bits per heavy atom. The molecule has 1 atom stereocenters. The maximum absolute atomic E-state index is 13.2. The van der Waals surface area contributed by atoms with Crippen LogP contribution in [0.25, 0.3) is 10.6 Å². The van der Waals surface area contributed by atoms with Gasteiger partial charge in [-0.15, -0.1) is 22.7 Å². The smallest absolute Gasteiger partial charge is 0.283 e. The fourth-order valence-electron chi connectivity index (χ4n) is 3.71. The summed E-state index contributed by atoms with van der Waals surface area (Å²) in [5, 5.41) is 8.87. The van der Waals surface area contributed by atoms with E-state index in [0.29, 0.717) is 18.1 Å². The molecule has 0 saturated heterocycles. The monoisotopic (exact) mass is 406 g/mol. The van der Waals surface area contributed by atoms with Gasteiger partial charge in [-0.25, -0.2) is 4.98 Å². The highest BCUT2D eigenvalue weighted by atomic mass is 32.1. The Kier molecular flexibility index (Phi) is 4.33. The molecule has 5 rings (SSSR count). The molecule has 1 aliphatic heterocycles. The Balaban J connectivity index is 1.47. The van der Waals surface area contributed by atoms with Gasteiger partial charge in [-0.05, 0) is 28.1 Å². The molecule has 7 heteroatoms. The van der Waals surface area contributed by atoms with Gasteiger partial charge in [0.15, 0.2) is 5.01 Å². The Morgan fingerprint density at radius 3 is 2.86 bits per heavy atom. The Hall–Kier alpha value is -2.77. The van der Waals surface area contributed by atoms with Gasteiger partial charge < -0.3 is 4.90 Å². The van der Waals surface area contributed by atoms with Crippen LogP contribution < -0.4 is 0 Å². The fraction of sp³-hybridized carbons (Fsp3) is 0.190. The van der Waals surface area contributed by atoms with Gasteiger partial charge in [-0.2, -0.15) is 5.10 Å². The maximum atomic E-state index is 13.2. The third-order valence-electron chi connectivity index (χ3n) is 5.07. The predicted molar refractivity (Wildman–Crippen MR) is 112 cm³/mol. The SMILES string of the molecule is Cn1cc([C@H]2CN(C(=O)c3nc(-c4cccs4)cs3)Cc3ccccc32)cn1. The summed E-state index contributed by atoms with van der Waals surface area (Å²) in [5.74, 6) is 0.121. The average Bonchev–Trinajstić information content (AvgIpc) is 3.47. The standard InChI is InChI=1S/C21H18N4OS2/c1-24-10-15(9-22-24)17-12-25(11-14-5-2-3-6-16(14)17)21(26)20-23-18(13-28-20)19-7-4-8-27-19/h2-10,13,17H,11-12H2,1H3/t17-/m1/s1. The van der Waals surface area contributed by atoms with Crippen molar-refractivity contribution >= 4 is 28.6 Å². The van der Waals surface area contributed by atoms with Gasteiger partial charge in [0, 0.05) is 37.6 Å². The molecule has 4 heterocycles. The number of carbonyl (C=O) groups excluding carboxylic acids is 1. The number of fused-ring (bicyclic) bond motifs is 1. The first-order chi connectivity index (χ1) is 13.7. The molecule has 0 radical (unpaired) electrons. The zero-order valence-corrected chi connectivity index (χ0v) is 16.9. The van der Waals surface area contributed by atoms with Crippen LogP contribution in [-0.2, 0) is 13.6 Å². The number of thiophene rings is 1. The van der Waals surface area contributed by atoms with Crippen LogP contribution in [-0.4, -0.2) is 32.1 Å². The lowest BCUT2D eigenvalue weighted by Gasteiger charge is -2.34. The number of hydrogen-bond donors (Lipinski definition) is 0. The molecule has 0 spiro atoms. The van der Waals surface area contributed by atoms with E-state index in [4.69, 9.17) is 0 Å². The summed E-state index contributed by atoms with van der Waals surface area (Å²) in [6.45, 7) is 1.25. The number of thiazole rings is 1. The van der Waals surface area contributed by atoms with Gasteiger partial charge in [0.2, 0.25) is 0 Å². The van der Waals surface area contributed by atoms with Crippen LogP contribution in [0.4, 0.5) is 0 Å². The van der Waals surface area contributed by atoms with Crippen molar-refractivity contribution in [1.82, 2.24) is 19.7 Å². The zero-order chi connectivity index (χ0) is 19.1. The first-order valence-corrected chi connectivity index (χ1v) is 10.8. The molecule has 0 unspecified atom stereocenters. The lowest BCUT2D eigenvalue weighted by molar-refractivity contribution is 0.0724. The lowest BCUT2D eigenvalue weighted by atomic mass is 9.86. The Morgan fingerprint density at radius 2 is 2.07 bits per heavy atom. The average molecular weight is 407 g/mol. The van der Waals surface area contributed by atoms with Gasteiger partial charge >= 0.3 is 0 Å². The molecule has 1 aromatic carbocycles. The van der Waals surface area contributed by atoms with Crippen LogP contribution >= 0.6 is 22.7 Å². The van der Waals surface area contributed by atoms with Crippen molar-refractivity contribution in [3.63, 3.8) is 0 Å². The minimum atomic E-state index is -0.00352. The number of aromatic nitrogens is 3. The first-order valence-electron chi connectivity index (χ1n) is 9.04. The molecule has 0 aliphatic carbocycles. The van der Waals surface area contributed by atoms with Crippen molar-refractivity contribution in [1.29, 1.82) is 0 Å². The molecule has 1 aliphatic rings. The van der Waals surface area contributed by atoms with E-state index in [-0.39, 0.29) is 11.8 Å². The molecular weight excluding hydrogens is 388 g/mol. The third kappa shape index (κ3) is 3.06. The van der Waals surface area contributed by atoms with Crippen molar-refractivity contribution < 1.29 is 4.79 Å². The van der Waals surface area contributed by atoms with Crippen molar-refractivity contribution in [2.75, 3.05) is 6.54 Å². The van der Waals surface area contributed by atoms with Gasteiger partial charge in [-0.1, -0.05) is 30.3 Å². The Labute approximate surface area is 170 Å². The summed E-state index contributed by atoms with van der Waals surface area (Å²) in [6.07, 6.45) is 3.93. The molecular formula is C21H18N4OS2. The van der Waals surface area contributed by atoms with E-state index in [1.807, 2.05) is 58.0 Å². The second kappa shape index (κ2) is 7.00. The van der Waals surface area contributed by atoms with Crippen LogP contribution in [0.3, 0.4) is 0 Å². The second-order valence-corrected chi connectivity index (χ2v) is 8.71. The van der Waals surface area contributed by atoms with Gasteiger partial charge in [0.05, 0.1) is 16.8 Å². The van der Waals surface area contributed by atoms with E-state index in [9.17, 15) is 4.79 Å². The van der Waals surface area contributed by atoms with Crippen LogP contribution in [0.1, 0.15) is 32.4 Å². The number of benzene rings is 1. The highest BCUT2D eigenvalue weighted by Gasteiger charge is 2.31. The second-order valence-electron chi connectivity index (χ2n) is 6.90. The Bertz CT molecular complexity index is 1130. The molecule has 0 saturated carbocycles. The molecule has 1 amide bonds. The molecule has 140 valence electrons. The minimum Gasteiger partial charge on any atom is -0.331 e. The van der Waals surface area contributed by atoms with E-state index in [1.165, 1.54) is 22.5 Å². The summed E-state index contributed by atoms with van der Waals surface area (Å²) in [5.41, 5.74) is 4.47. The maximum Gasteiger partial charge on any atom is 0.283 e. The number of hydrogen-bond acceptors (Lipinski definition) is 5. The van der Waals surface area contributed by atoms with Crippen LogP contribution in [0.15, 0.2) is 59.6 Å². The van der Waals surface area contributed by atoms with E-state index in [0.717, 1.165) is 16.1 Å². The largest absolute Gasteiger partial charge is 0.331 e. The summed E-state index contributed by atoms with van der Waals surface area (Å²) < 4.78 is 1.81. The normalized spacial score (nSPS) is 16.2. The molecule has 4 aromatic rings. The molecule has 5 nitrogen and oxygen atoms in total. The summed E-state index contributed by atoms with van der Waals surface area (Å²) >= 11 is 3.06. The van der Waals surface area contributed by atoms with Crippen molar-refractivity contribution in [3.8, 4) is 10.6 Å². The molecule has 28 heavy (non-hydrogen) atoms. The van der Waals surface area contributed by atoms with Gasteiger partial charge in [0.1, 0.15) is 0 Å². The molecule has 0 bridgehead atoms. The predicted octanol–water partition coefficient (Wildman–Crippen LogP) is 4.39. The first kappa shape index (κ1) is 17.3. The fourth-order valence-corrected chi connectivity index (χ4v) is 5.26. The van der Waals surface area contributed by atoms with Crippen molar-refractivity contribution in [2.24, 2.45) is 7.05 Å². The minimum absolute atomic E-state index is 0.00352. The number of carbonyl (C=O) groups is 1. The molecule has 3 aromatic heterocycles. The van der Waals surface area contributed by atoms with Crippen LogP contribution in [0.2, 0.25) is 0 Å². The summed E-state index contributed by atoms with van der Waals surface area (Å²) in [4.78, 5) is 20.8. The molecule has 0 fully saturated rings. The van der Waals surface area contributed by atoms with E-state index in [1.54, 1.807) is 11.3 Å². The third-order valence-corrected chi connectivity index (χ3v) is 6.79. The highest BCUT2D eigenvalue weighted by molar-refractivity contribution is 7.15. The summed E-state index contributed by atoms with van der Waals surface area (Å²) in [7, 11) is 1.92. The number of aryl methyl sites for hydroxylation is 1. The summed E-state index contributed by atoms with van der Waals surface area (Å²) in [6, 6.07) is 12.4. The number of amides is 1. The van der Waals surface area contributed by atoms with Gasteiger partial charge in [-0.3, -0.25) is 9.48 Å². The number of nitrogens with zero attached hydrogens (tertiary/aromatic N) is 4. The van der Waals surface area contributed by atoms with E-state index < -0.39 is 0 Å². The highest BCUT2D eigenvalue weighted by Crippen LogP contribution is 2.34. The molecule has 0 N–H and O–H groups in total. The lowest BCUT2D eigenvalue weighted by Crippen LogP contribution is -2.38. The number of rotatable bonds is 3. The quantitative estimate of drug-likeness (QED) is 0.507. The zero-order valence-electron chi connectivity index (χ0n) is 15.3.